The minimum absolute atomic E-state index is 0.00938. The number of aryl methyl sites for hydroxylation is 1. The Morgan fingerprint density at radius 1 is 1.23 bits per heavy atom. The van der Waals surface area contributed by atoms with Gasteiger partial charge in [0.2, 0.25) is 0 Å². The molecular formula is C16H15ClFNO2S. The molecule has 0 atom stereocenters. The van der Waals surface area contributed by atoms with Gasteiger partial charge in [-0.3, -0.25) is 4.31 Å². The smallest absolute Gasteiger partial charge is 0.262 e. The Balaban J connectivity index is 2.57. The van der Waals surface area contributed by atoms with Crippen molar-refractivity contribution in [3.8, 4) is 0 Å². The highest BCUT2D eigenvalue weighted by Gasteiger charge is 2.25. The van der Waals surface area contributed by atoms with Crippen LogP contribution in [0.25, 0.3) is 0 Å². The summed E-state index contributed by atoms with van der Waals surface area (Å²) in [6.07, 6.45) is 1.49. The standard InChI is InChI=1S/C16H15ClFNO2S/c1-3-10-19(16-11-13(17)5-4-12(16)2)22(20,21)15-8-6-14(18)7-9-15/h3-9,11H,1,10H2,2H3. The van der Waals surface area contributed by atoms with Gasteiger partial charge in [-0.1, -0.05) is 23.7 Å². The van der Waals surface area contributed by atoms with E-state index in [1.165, 1.54) is 22.5 Å². The monoisotopic (exact) mass is 339 g/mol. The van der Waals surface area contributed by atoms with Crippen LogP contribution in [0.2, 0.25) is 5.02 Å². The summed E-state index contributed by atoms with van der Waals surface area (Å²) in [6, 6.07) is 9.72. The zero-order valence-electron chi connectivity index (χ0n) is 12.0. The van der Waals surface area contributed by atoms with Crippen molar-refractivity contribution in [3.05, 3.63) is 71.5 Å². The van der Waals surface area contributed by atoms with Gasteiger partial charge in [-0.2, -0.15) is 0 Å². The average molecular weight is 340 g/mol. The molecule has 0 fully saturated rings. The van der Waals surface area contributed by atoms with E-state index in [1.54, 1.807) is 25.1 Å². The molecule has 116 valence electrons. The number of rotatable bonds is 5. The Morgan fingerprint density at radius 2 is 1.86 bits per heavy atom. The fourth-order valence-corrected chi connectivity index (χ4v) is 3.69. The van der Waals surface area contributed by atoms with Crippen molar-refractivity contribution in [2.24, 2.45) is 0 Å². The molecule has 0 amide bonds. The number of hydrogen-bond acceptors (Lipinski definition) is 2. The summed E-state index contributed by atoms with van der Waals surface area (Å²) in [7, 11) is -3.84. The van der Waals surface area contributed by atoms with Crippen molar-refractivity contribution in [3.63, 3.8) is 0 Å². The molecule has 0 unspecified atom stereocenters. The highest BCUT2D eigenvalue weighted by molar-refractivity contribution is 7.92. The van der Waals surface area contributed by atoms with Crippen LogP contribution in [0.1, 0.15) is 5.56 Å². The van der Waals surface area contributed by atoms with Gasteiger partial charge in [0.15, 0.2) is 0 Å². The van der Waals surface area contributed by atoms with E-state index in [2.05, 4.69) is 6.58 Å². The summed E-state index contributed by atoms with van der Waals surface area (Å²) >= 11 is 5.98. The molecule has 0 aliphatic rings. The average Bonchev–Trinajstić information content (AvgIpc) is 2.48. The van der Waals surface area contributed by atoms with Crippen LogP contribution >= 0.6 is 11.6 Å². The topological polar surface area (TPSA) is 37.4 Å². The normalized spacial score (nSPS) is 11.2. The van der Waals surface area contributed by atoms with E-state index in [-0.39, 0.29) is 11.4 Å². The molecule has 0 saturated heterocycles. The largest absolute Gasteiger partial charge is 0.264 e. The maximum Gasteiger partial charge on any atom is 0.264 e. The predicted molar refractivity (Wildman–Crippen MR) is 87.3 cm³/mol. The number of hydrogen-bond donors (Lipinski definition) is 0. The number of halogens is 2. The third-order valence-corrected chi connectivity index (χ3v) is 5.17. The van der Waals surface area contributed by atoms with Gasteiger partial charge in [0.25, 0.3) is 10.0 Å². The van der Waals surface area contributed by atoms with Crippen LogP contribution in [0.15, 0.2) is 60.0 Å². The molecule has 6 heteroatoms. The maximum absolute atomic E-state index is 13.0. The van der Waals surface area contributed by atoms with Gasteiger partial charge in [-0.25, -0.2) is 12.8 Å². The van der Waals surface area contributed by atoms with Crippen molar-refractivity contribution < 1.29 is 12.8 Å². The first-order valence-electron chi connectivity index (χ1n) is 6.51. The summed E-state index contributed by atoms with van der Waals surface area (Å²) in [4.78, 5) is 0.00938. The summed E-state index contributed by atoms with van der Waals surface area (Å²) in [5, 5.41) is 0.434. The quantitative estimate of drug-likeness (QED) is 0.767. The third-order valence-electron chi connectivity index (χ3n) is 3.14. The highest BCUT2D eigenvalue weighted by Crippen LogP contribution is 2.29. The second kappa shape index (κ2) is 6.50. The molecule has 0 heterocycles. The minimum atomic E-state index is -3.84. The Hall–Kier alpha value is -1.85. The van der Waals surface area contributed by atoms with Crippen molar-refractivity contribution in [1.29, 1.82) is 0 Å². The van der Waals surface area contributed by atoms with Gasteiger partial charge in [-0.15, -0.1) is 6.58 Å². The number of benzene rings is 2. The summed E-state index contributed by atoms with van der Waals surface area (Å²) in [5.41, 5.74) is 1.23. The molecule has 0 aliphatic heterocycles. The molecule has 2 aromatic carbocycles. The van der Waals surface area contributed by atoms with Crippen LogP contribution in [-0.2, 0) is 10.0 Å². The van der Waals surface area contributed by atoms with Gasteiger partial charge >= 0.3 is 0 Å². The third kappa shape index (κ3) is 3.31. The lowest BCUT2D eigenvalue weighted by Gasteiger charge is -2.25. The first-order valence-corrected chi connectivity index (χ1v) is 8.33. The van der Waals surface area contributed by atoms with Crippen molar-refractivity contribution in [2.45, 2.75) is 11.8 Å². The molecular weight excluding hydrogens is 325 g/mol. The first kappa shape index (κ1) is 16.5. The second-order valence-electron chi connectivity index (χ2n) is 4.71. The predicted octanol–water partition coefficient (Wildman–Crippen LogP) is 4.17. The van der Waals surface area contributed by atoms with E-state index in [0.29, 0.717) is 10.7 Å². The number of sulfonamides is 1. The number of nitrogens with zero attached hydrogens (tertiary/aromatic N) is 1. The Labute approximate surface area is 134 Å². The molecule has 0 bridgehead atoms. The van der Waals surface area contributed by atoms with E-state index in [0.717, 1.165) is 17.7 Å². The van der Waals surface area contributed by atoms with Crippen LogP contribution in [0.5, 0.6) is 0 Å². The van der Waals surface area contributed by atoms with E-state index >= 15 is 0 Å². The molecule has 0 radical (unpaired) electrons. The highest BCUT2D eigenvalue weighted by atomic mass is 35.5. The van der Waals surface area contributed by atoms with Crippen LogP contribution in [-0.4, -0.2) is 15.0 Å². The van der Waals surface area contributed by atoms with Gasteiger partial charge in [0.1, 0.15) is 5.82 Å². The van der Waals surface area contributed by atoms with Crippen molar-refractivity contribution in [2.75, 3.05) is 10.8 Å². The SMILES string of the molecule is C=CCN(c1cc(Cl)ccc1C)S(=O)(=O)c1ccc(F)cc1. The van der Waals surface area contributed by atoms with E-state index in [4.69, 9.17) is 11.6 Å². The fourth-order valence-electron chi connectivity index (χ4n) is 2.03. The van der Waals surface area contributed by atoms with Gasteiger partial charge in [-0.05, 0) is 48.9 Å². The summed E-state index contributed by atoms with van der Waals surface area (Å²) in [5.74, 6) is -0.492. The molecule has 0 aromatic heterocycles. The summed E-state index contributed by atoms with van der Waals surface area (Å²) < 4.78 is 39.8. The van der Waals surface area contributed by atoms with Crippen LogP contribution in [0, 0.1) is 12.7 Å². The Bertz CT molecular complexity index is 788. The molecule has 22 heavy (non-hydrogen) atoms. The maximum atomic E-state index is 13.0. The zero-order chi connectivity index (χ0) is 16.3. The van der Waals surface area contributed by atoms with Crippen molar-refractivity contribution in [1.82, 2.24) is 0 Å². The molecule has 2 aromatic rings. The van der Waals surface area contributed by atoms with Crippen LogP contribution in [0.3, 0.4) is 0 Å². The minimum Gasteiger partial charge on any atom is -0.262 e. The lowest BCUT2D eigenvalue weighted by molar-refractivity contribution is 0.591. The van der Waals surface area contributed by atoms with Gasteiger partial charge in [0, 0.05) is 5.02 Å². The first-order chi connectivity index (χ1) is 10.4. The molecule has 3 nitrogen and oxygen atoms in total. The lowest BCUT2D eigenvalue weighted by atomic mass is 10.2. The Kier molecular flexibility index (Phi) is 4.88. The lowest BCUT2D eigenvalue weighted by Crippen LogP contribution is -2.31. The van der Waals surface area contributed by atoms with Gasteiger partial charge < -0.3 is 0 Å². The molecule has 0 N–H and O–H groups in total. The van der Waals surface area contributed by atoms with E-state index < -0.39 is 15.8 Å². The van der Waals surface area contributed by atoms with Gasteiger partial charge in [0.05, 0.1) is 17.1 Å². The van der Waals surface area contributed by atoms with Crippen LogP contribution < -0.4 is 4.31 Å². The van der Waals surface area contributed by atoms with Crippen molar-refractivity contribution >= 4 is 27.3 Å². The molecule has 0 saturated carbocycles. The molecule has 0 spiro atoms. The number of anilines is 1. The molecule has 2 rings (SSSR count). The van der Waals surface area contributed by atoms with E-state index in [9.17, 15) is 12.8 Å². The van der Waals surface area contributed by atoms with Crippen LogP contribution in [0.4, 0.5) is 10.1 Å². The molecule has 0 aliphatic carbocycles. The van der Waals surface area contributed by atoms with E-state index in [1.807, 2.05) is 0 Å². The second-order valence-corrected chi connectivity index (χ2v) is 7.01. The summed E-state index contributed by atoms with van der Waals surface area (Å²) in [6.45, 7) is 5.48. The fraction of sp³-hybridized carbons (Fsp3) is 0.125. The zero-order valence-corrected chi connectivity index (χ0v) is 13.5. The Morgan fingerprint density at radius 3 is 2.45 bits per heavy atom.